The normalized spacial score (nSPS) is 10.8. The van der Waals surface area contributed by atoms with Crippen molar-refractivity contribution < 1.29 is 4.79 Å². The number of aliphatic imine (C=N–C) groups is 1. The maximum absolute atomic E-state index is 10.4. The fourth-order valence-electron chi connectivity index (χ4n) is 2.02. The lowest BCUT2D eigenvalue weighted by Gasteiger charge is -2.11. The lowest BCUT2D eigenvalue weighted by molar-refractivity contribution is 0.564. The van der Waals surface area contributed by atoms with Crippen LogP contribution in [0, 0.1) is 6.92 Å². The standard InChI is InChI=1S/C13H14N2O/c1-9(2)15-12-5-4-10(3)6-11(12)7-13(15)14-8-16/h4-7,9H,1-3H3. The Hall–Kier alpha value is -1.86. The number of fused-ring (bicyclic) bond motifs is 1. The molecule has 16 heavy (non-hydrogen) atoms. The topological polar surface area (TPSA) is 34.4 Å². The smallest absolute Gasteiger partial charge is 0.242 e. The van der Waals surface area contributed by atoms with E-state index in [9.17, 15) is 4.79 Å². The minimum Gasteiger partial charge on any atom is -0.323 e. The highest BCUT2D eigenvalue weighted by molar-refractivity contribution is 5.85. The van der Waals surface area contributed by atoms with Gasteiger partial charge in [-0.05, 0) is 39.0 Å². The third-order valence-electron chi connectivity index (χ3n) is 2.65. The van der Waals surface area contributed by atoms with Crippen LogP contribution in [0.1, 0.15) is 25.5 Å². The number of nitrogens with zero attached hydrogens (tertiary/aromatic N) is 2. The summed E-state index contributed by atoms with van der Waals surface area (Å²) >= 11 is 0. The molecule has 0 amide bonds. The number of isocyanates is 1. The molecule has 3 nitrogen and oxygen atoms in total. The molecule has 0 aliphatic heterocycles. The second-order valence-electron chi connectivity index (χ2n) is 4.23. The van der Waals surface area contributed by atoms with Crippen molar-refractivity contribution in [3.8, 4) is 0 Å². The van der Waals surface area contributed by atoms with Crippen molar-refractivity contribution in [2.24, 2.45) is 4.99 Å². The average Bonchev–Trinajstić information content (AvgIpc) is 2.55. The molecule has 0 fully saturated rings. The number of aryl methyl sites for hydroxylation is 1. The number of rotatable bonds is 2. The molecule has 2 rings (SSSR count). The number of benzene rings is 1. The third kappa shape index (κ3) is 1.66. The first-order valence-electron chi connectivity index (χ1n) is 5.33. The summed E-state index contributed by atoms with van der Waals surface area (Å²) in [5.74, 6) is 0.672. The SMILES string of the molecule is Cc1ccc2c(c1)cc(N=C=O)n2C(C)C. The zero-order valence-corrected chi connectivity index (χ0v) is 9.69. The summed E-state index contributed by atoms with van der Waals surface area (Å²) in [6, 6.07) is 8.42. The van der Waals surface area contributed by atoms with Crippen molar-refractivity contribution >= 4 is 22.8 Å². The van der Waals surface area contributed by atoms with Crippen LogP contribution in [0.4, 0.5) is 5.82 Å². The molecule has 0 bridgehead atoms. The maximum Gasteiger partial charge on any atom is 0.242 e. The molecule has 3 heteroatoms. The second kappa shape index (κ2) is 3.95. The zero-order valence-electron chi connectivity index (χ0n) is 9.69. The summed E-state index contributed by atoms with van der Waals surface area (Å²) < 4.78 is 2.04. The lowest BCUT2D eigenvalue weighted by atomic mass is 10.2. The van der Waals surface area contributed by atoms with Gasteiger partial charge in [0.25, 0.3) is 0 Å². The first-order valence-corrected chi connectivity index (χ1v) is 5.33. The van der Waals surface area contributed by atoms with E-state index in [0.29, 0.717) is 5.82 Å². The van der Waals surface area contributed by atoms with Gasteiger partial charge >= 0.3 is 0 Å². The Morgan fingerprint density at radius 2 is 2.06 bits per heavy atom. The molecule has 0 atom stereocenters. The number of aromatic nitrogens is 1. The molecule has 0 aliphatic carbocycles. The van der Waals surface area contributed by atoms with Crippen molar-refractivity contribution in [1.82, 2.24) is 4.57 Å². The highest BCUT2D eigenvalue weighted by Crippen LogP contribution is 2.29. The summed E-state index contributed by atoms with van der Waals surface area (Å²) in [5, 5.41) is 1.11. The minimum atomic E-state index is 0.271. The Kier molecular flexibility index (Phi) is 2.63. The first kappa shape index (κ1) is 10.7. The molecule has 0 aliphatic rings. The van der Waals surface area contributed by atoms with E-state index in [1.807, 2.05) is 10.6 Å². The van der Waals surface area contributed by atoms with E-state index >= 15 is 0 Å². The molecular formula is C13H14N2O. The molecule has 0 saturated carbocycles. The highest BCUT2D eigenvalue weighted by atomic mass is 16.1. The summed E-state index contributed by atoms with van der Waals surface area (Å²) in [4.78, 5) is 14.1. The predicted molar refractivity (Wildman–Crippen MR) is 64.8 cm³/mol. The Bertz CT molecular complexity index is 575. The van der Waals surface area contributed by atoms with E-state index in [1.54, 1.807) is 6.08 Å². The Morgan fingerprint density at radius 3 is 2.69 bits per heavy atom. The van der Waals surface area contributed by atoms with Gasteiger partial charge in [-0.15, -0.1) is 4.99 Å². The molecule has 1 heterocycles. The zero-order chi connectivity index (χ0) is 11.7. The van der Waals surface area contributed by atoms with E-state index < -0.39 is 0 Å². The third-order valence-corrected chi connectivity index (χ3v) is 2.65. The Labute approximate surface area is 94.4 Å². The molecule has 0 unspecified atom stereocenters. The van der Waals surface area contributed by atoms with Crippen LogP contribution in [0.2, 0.25) is 0 Å². The highest BCUT2D eigenvalue weighted by Gasteiger charge is 2.10. The van der Waals surface area contributed by atoms with Crippen LogP contribution < -0.4 is 0 Å². The second-order valence-corrected chi connectivity index (χ2v) is 4.23. The lowest BCUT2D eigenvalue weighted by Crippen LogP contribution is -1.99. The average molecular weight is 214 g/mol. The van der Waals surface area contributed by atoms with Crippen LogP contribution in [0.5, 0.6) is 0 Å². The molecule has 1 aromatic heterocycles. The van der Waals surface area contributed by atoms with Crippen molar-refractivity contribution in [1.29, 1.82) is 0 Å². The van der Waals surface area contributed by atoms with E-state index in [0.717, 1.165) is 10.9 Å². The van der Waals surface area contributed by atoms with Gasteiger partial charge in [0.2, 0.25) is 6.08 Å². The number of hydrogen-bond acceptors (Lipinski definition) is 2. The summed E-state index contributed by atoms with van der Waals surface area (Å²) in [7, 11) is 0. The summed E-state index contributed by atoms with van der Waals surface area (Å²) in [6.07, 6.45) is 1.61. The van der Waals surface area contributed by atoms with Gasteiger partial charge in [0.05, 0.1) is 5.52 Å². The molecule has 2 aromatic rings. The van der Waals surface area contributed by atoms with Gasteiger partial charge in [-0.1, -0.05) is 11.6 Å². The Morgan fingerprint density at radius 1 is 1.31 bits per heavy atom. The predicted octanol–water partition coefficient (Wildman–Crippen LogP) is 3.50. The fourth-order valence-corrected chi connectivity index (χ4v) is 2.02. The van der Waals surface area contributed by atoms with Crippen LogP contribution in [-0.2, 0) is 4.79 Å². The van der Waals surface area contributed by atoms with Crippen molar-refractivity contribution in [3.63, 3.8) is 0 Å². The van der Waals surface area contributed by atoms with Gasteiger partial charge in [-0.3, -0.25) is 0 Å². The summed E-state index contributed by atoms with van der Waals surface area (Å²) in [6.45, 7) is 6.20. The van der Waals surface area contributed by atoms with Crippen LogP contribution in [0.15, 0.2) is 29.3 Å². The molecule has 82 valence electrons. The minimum absolute atomic E-state index is 0.271. The molecule has 0 radical (unpaired) electrons. The van der Waals surface area contributed by atoms with E-state index in [-0.39, 0.29) is 6.04 Å². The van der Waals surface area contributed by atoms with E-state index in [4.69, 9.17) is 0 Å². The molecular weight excluding hydrogens is 200 g/mol. The van der Waals surface area contributed by atoms with Crippen molar-refractivity contribution in [2.45, 2.75) is 26.8 Å². The molecule has 1 aromatic carbocycles. The Balaban J connectivity index is 2.80. The largest absolute Gasteiger partial charge is 0.323 e. The van der Waals surface area contributed by atoms with Crippen LogP contribution in [0.25, 0.3) is 10.9 Å². The van der Waals surface area contributed by atoms with Crippen LogP contribution in [0.3, 0.4) is 0 Å². The fraction of sp³-hybridized carbons (Fsp3) is 0.308. The van der Waals surface area contributed by atoms with Crippen molar-refractivity contribution in [2.75, 3.05) is 0 Å². The number of hydrogen-bond donors (Lipinski definition) is 0. The first-order chi connectivity index (χ1) is 7.63. The molecule has 0 N–H and O–H groups in total. The van der Waals surface area contributed by atoms with Gasteiger partial charge in [-0.2, -0.15) is 0 Å². The van der Waals surface area contributed by atoms with E-state index in [2.05, 4.69) is 44.0 Å². The molecule has 0 spiro atoms. The van der Waals surface area contributed by atoms with Gasteiger partial charge in [0.15, 0.2) is 0 Å². The van der Waals surface area contributed by atoms with Gasteiger partial charge in [-0.25, -0.2) is 4.79 Å². The quantitative estimate of drug-likeness (QED) is 0.556. The number of carbonyl (C=O) groups excluding carboxylic acids is 1. The van der Waals surface area contributed by atoms with Crippen LogP contribution in [-0.4, -0.2) is 10.6 Å². The van der Waals surface area contributed by atoms with E-state index in [1.165, 1.54) is 5.56 Å². The molecule has 0 saturated heterocycles. The monoisotopic (exact) mass is 214 g/mol. The van der Waals surface area contributed by atoms with Crippen molar-refractivity contribution in [3.05, 3.63) is 29.8 Å². The maximum atomic E-state index is 10.4. The van der Waals surface area contributed by atoms with Gasteiger partial charge in [0, 0.05) is 11.4 Å². The van der Waals surface area contributed by atoms with Gasteiger partial charge < -0.3 is 4.57 Å². The summed E-state index contributed by atoms with van der Waals surface area (Å²) in [5.41, 5.74) is 2.31. The van der Waals surface area contributed by atoms with Crippen LogP contribution >= 0.6 is 0 Å². The van der Waals surface area contributed by atoms with Gasteiger partial charge in [0.1, 0.15) is 5.82 Å².